The Balaban J connectivity index is 1.60. The Bertz CT molecular complexity index is 1300. The van der Waals surface area contributed by atoms with Crippen LogP contribution in [0, 0.1) is 0 Å². The number of anilines is 1. The van der Waals surface area contributed by atoms with Gasteiger partial charge in [0.25, 0.3) is 0 Å². The first kappa shape index (κ1) is 18.3. The monoisotopic (exact) mass is 412 g/mol. The van der Waals surface area contributed by atoms with E-state index in [1.54, 1.807) is 0 Å². The third kappa shape index (κ3) is 3.63. The number of hydrogen-bond donors (Lipinski definition) is 1. The van der Waals surface area contributed by atoms with Gasteiger partial charge in [0, 0.05) is 22.7 Å². The van der Waals surface area contributed by atoms with Crippen LogP contribution in [0.25, 0.3) is 34.1 Å². The summed E-state index contributed by atoms with van der Waals surface area (Å²) >= 11 is 6.31. The molecule has 5 nitrogen and oxygen atoms in total. The number of hydrogen-bond acceptors (Lipinski definition) is 5. The highest BCUT2D eigenvalue weighted by molar-refractivity contribution is 6.31. The van der Waals surface area contributed by atoms with Crippen LogP contribution in [0.3, 0.4) is 0 Å². The predicted octanol–water partition coefficient (Wildman–Crippen LogP) is 6.22. The average molecular weight is 413 g/mol. The maximum atomic E-state index is 6.31. The van der Waals surface area contributed by atoms with Crippen LogP contribution < -0.4 is 5.32 Å². The summed E-state index contributed by atoms with van der Waals surface area (Å²) in [6.07, 6.45) is 0. The smallest absolute Gasteiger partial charge is 0.229 e. The number of benzene rings is 3. The molecule has 1 N–H and O–H groups in total. The summed E-state index contributed by atoms with van der Waals surface area (Å²) in [5.41, 5.74) is 3.78. The zero-order valence-corrected chi connectivity index (χ0v) is 16.7. The van der Waals surface area contributed by atoms with E-state index in [1.807, 2.05) is 84.9 Å². The van der Waals surface area contributed by atoms with Gasteiger partial charge in [-0.2, -0.15) is 4.98 Å². The molecule has 0 bridgehead atoms. The van der Waals surface area contributed by atoms with Crippen molar-refractivity contribution in [1.82, 2.24) is 15.0 Å². The maximum absolute atomic E-state index is 6.31. The van der Waals surface area contributed by atoms with Gasteiger partial charge in [-0.25, -0.2) is 9.97 Å². The van der Waals surface area contributed by atoms with E-state index < -0.39 is 0 Å². The zero-order valence-electron chi connectivity index (χ0n) is 15.9. The summed E-state index contributed by atoms with van der Waals surface area (Å²) in [5, 5.41) is 4.05. The molecule has 0 unspecified atom stereocenters. The fourth-order valence-corrected chi connectivity index (χ4v) is 3.39. The molecule has 146 valence electrons. The van der Waals surface area contributed by atoms with Crippen molar-refractivity contribution >= 4 is 28.6 Å². The lowest BCUT2D eigenvalue weighted by atomic mass is 10.2. The van der Waals surface area contributed by atoms with Crippen LogP contribution in [0.2, 0.25) is 5.02 Å². The van der Waals surface area contributed by atoms with Crippen LogP contribution in [0.5, 0.6) is 0 Å². The second-order valence-electron chi connectivity index (χ2n) is 6.74. The van der Waals surface area contributed by atoms with Crippen molar-refractivity contribution in [3.8, 4) is 22.8 Å². The van der Waals surface area contributed by atoms with Crippen LogP contribution in [0.1, 0.15) is 5.56 Å². The number of aromatic nitrogens is 3. The van der Waals surface area contributed by atoms with Crippen LogP contribution in [0.4, 0.5) is 5.82 Å². The Morgan fingerprint density at radius 2 is 1.40 bits per heavy atom. The summed E-state index contributed by atoms with van der Waals surface area (Å²) in [6, 6.07) is 27.3. The van der Waals surface area contributed by atoms with Gasteiger partial charge in [-0.15, -0.1) is 0 Å². The first-order valence-electron chi connectivity index (χ1n) is 9.54. The van der Waals surface area contributed by atoms with E-state index in [4.69, 9.17) is 21.0 Å². The number of halogens is 1. The second kappa shape index (κ2) is 7.97. The van der Waals surface area contributed by atoms with Gasteiger partial charge in [0.05, 0.1) is 0 Å². The van der Waals surface area contributed by atoms with Crippen molar-refractivity contribution in [2.45, 2.75) is 6.54 Å². The minimum Gasteiger partial charge on any atom is -0.430 e. The van der Waals surface area contributed by atoms with Crippen molar-refractivity contribution < 1.29 is 4.42 Å². The van der Waals surface area contributed by atoms with E-state index in [1.165, 1.54) is 0 Å². The zero-order chi connectivity index (χ0) is 20.3. The molecule has 0 aliphatic rings. The molecule has 0 aliphatic heterocycles. The van der Waals surface area contributed by atoms with Crippen molar-refractivity contribution in [3.05, 3.63) is 95.5 Å². The third-order valence-corrected chi connectivity index (χ3v) is 5.08. The molecule has 0 saturated heterocycles. The van der Waals surface area contributed by atoms with Gasteiger partial charge in [-0.1, -0.05) is 78.3 Å². The van der Waals surface area contributed by atoms with Gasteiger partial charge in [0.1, 0.15) is 0 Å². The van der Waals surface area contributed by atoms with Crippen molar-refractivity contribution in [3.63, 3.8) is 0 Å². The van der Waals surface area contributed by atoms with E-state index in [0.29, 0.717) is 40.3 Å². The fourth-order valence-electron chi connectivity index (χ4n) is 3.19. The summed E-state index contributed by atoms with van der Waals surface area (Å²) in [4.78, 5) is 14.0. The molecule has 0 spiro atoms. The lowest BCUT2D eigenvalue weighted by molar-refractivity contribution is 0.619. The van der Waals surface area contributed by atoms with Crippen LogP contribution >= 0.6 is 11.6 Å². The second-order valence-corrected chi connectivity index (χ2v) is 7.15. The molecule has 2 heterocycles. The Morgan fingerprint density at radius 3 is 2.13 bits per heavy atom. The molecule has 2 aromatic heterocycles. The Hall–Kier alpha value is -3.70. The molecular formula is C24H17ClN4O. The van der Waals surface area contributed by atoms with Gasteiger partial charge >= 0.3 is 0 Å². The highest BCUT2D eigenvalue weighted by atomic mass is 35.5. The summed E-state index contributed by atoms with van der Waals surface area (Å²) in [6.45, 7) is 0.501. The summed E-state index contributed by atoms with van der Waals surface area (Å²) in [5.74, 6) is 1.66. The molecule has 3 aromatic carbocycles. The maximum Gasteiger partial charge on any atom is 0.229 e. The highest BCUT2D eigenvalue weighted by Crippen LogP contribution is 2.30. The summed E-state index contributed by atoms with van der Waals surface area (Å²) < 4.78 is 6.06. The lowest BCUT2D eigenvalue weighted by Crippen LogP contribution is -2.04. The van der Waals surface area contributed by atoms with Crippen LogP contribution in [-0.4, -0.2) is 15.0 Å². The number of nitrogens with zero attached hydrogens (tertiary/aromatic N) is 3. The molecule has 5 rings (SSSR count). The van der Waals surface area contributed by atoms with Crippen molar-refractivity contribution in [2.24, 2.45) is 0 Å². The largest absolute Gasteiger partial charge is 0.430 e. The fraction of sp³-hybridized carbons (Fsp3) is 0.0417. The quantitative estimate of drug-likeness (QED) is 0.371. The predicted molar refractivity (Wildman–Crippen MR) is 119 cm³/mol. The van der Waals surface area contributed by atoms with E-state index in [9.17, 15) is 0 Å². The SMILES string of the molecule is Clc1ccccc1CNc1nc(-c2ccccc2)nc2nc(-c3ccccc3)oc12. The van der Waals surface area contributed by atoms with Gasteiger partial charge in [0.15, 0.2) is 11.6 Å². The number of fused-ring (bicyclic) bond motifs is 1. The first-order chi connectivity index (χ1) is 14.8. The van der Waals surface area contributed by atoms with Gasteiger partial charge in [0.2, 0.25) is 17.1 Å². The molecule has 5 aromatic rings. The first-order valence-corrected chi connectivity index (χ1v) is 9.92. The van der Waals surface area contributed by atoms with Gasteiger partial charge in [-0.3, -0.25) is 0 Å². The summed E-state index contributed by atoms with van der Waals surface area (Å²) in [7, 11) is 0. The Morgan fingerprint density at radius 1 is 0.733 bits per heavy atom. The van der Waals surface area contributed by atoms with Gasteiger partial charge in [-0.05, 0) is 23.8 Å². The average Bonchev–Trinajstić information content (AvgIpc) is 3.24. The Labute approximate surface area is 178 Å². The third-order valence-electron chi connectivity index (χ3n) is 4.71. The molecular weight excluding hydrogens is 396 g/mol. The highest BCUT2D eigenvalue weighted by Gasteiger charge is 2.17. The normalized spacial score (nSPS) is 11.0. The molecule has 6 heteroatoms. The van der Waals surface area contributed by atoms with E-state index in [-0.39, 0.29) is 0 Å². The minimum atomic E-state index is 0.501. The molecule has 0 atom stereocenters. The van der Waals surface area contributed by atoms with Crippen LogP contribution in [0.15, 0.2) is 89.3 Å². The Kier molecular flexibility index (Phi) is 4.87. The lowest BCUT2D eigenvalue weighted by Gasteiger charge is -2.09. The van der Waals surface area contributed by atoms with E-state index in [0.717, 1.165) is 16.7 Å². The molecule has 0 saturated carbocycles. The number of rotatable bonds is 5. The van der Waals surface area contributed by atoms with Crippen molar-refractivity contribution in [2.75, 3.05) is 5.32 Å². The van der Waals surface area contributed by atoms with Crippen molar-refractivity contribution in [1.29, 1.82) is 0 Å². The molecule has 0 fully saturated rings. The number of oxazole rings is 1. The van der Waals surface area contributed by atoms with E-state index >= 15 is 0 Å². The molecule has 0 amide bonds. The van der Waals surface area contributed by atoms with Crippen LogP contribution in [-0.2, 0) is 6.54 Å². The molecule has 0 radical (unpaired) electrons. The molecule has 30 heavy (non-hydrogen) atoms. The topological polar surface area (TPSA) is 63.8 Å². The minimum absolute atomic E-state index is 0.501. The molecule has 0 aliphatic carbocycles. The van der Waals surface area contributed by atoms with E-state index in [2.05, 4.69) is 15.3 Å². The van der Waals surface area contributed by atoms with Gasteiger partial charge < -0.3 is 9.73 Å². The number of nitrogens with one attached hydrogen (secondary N) is 1. The standard InChI is InChI=1S/C24H17ClN4O/c25-19-14-8-7-13-18(19)15-26-22-20-23(28-21(27-22)16-9-3-1-4-10-16)29-24(30-20)17-11-5-2-6-12-17/h1-14H,15H2,(H,26,27,28).